The number of nitriles is 1. The Balaban J connectivity index is 1.67. The van der Waals surface area contributed by atoms with Crippen LogP contribution >= 0.6 is 39.1 Å². The Morgan fingerprint density at radius 3 is 2.60 bits per heavy atom. The lowest BCUT2D eigenvalue weighted by Gasteiger charge is -2.15. The fraction of sp³-hybridized carbons (Fsp3) is 0.185. The van der Waals surface area contributed by atoms with Gasteiger partial charge in [0.1, 0.15) is 18.5 Å². The van der Waals surface area contributed by atoms with Crippen LogP contribution in [0.4, 0.5) is 0 Å². The van der Waals surface area contributed by atoms with Gasteiger partial charge < -0.3 is 14.5 Å². The molecule has 5 nitrogen and oxygen atoms in total. The first-order valence-corrected chi connectivity index (χ1v) is 12.5. The minimum atomic E-state index is 0.241. The smallest absolute Gasteiger partial charge is 0.175 e. The number of rotatable bonds is 7. The zero-order valence-corrected chi connectivity index (χ0v) is 22.5. The molecule has 178 valence electrons. The topological polar surface area (TPSA) is 70.9 Å². The van der Waals surface area contributed by atoms with E-state index < -0.39 is 0 Å². The van der Waals surface area contributed by atoms with Crippen molar-refractivity contribution in [1.82, 2.24) is 9.97 Å². The fourth-order valence-electron chi connectivity index (χ4n) is 3.58. The van der Waals surface area contributed by atoms with Gasteiger partial charge in [-0.3, -0.25) is 0 Å². The number of allylic oxidation sites excluding steroid dienone is 1. The van der Waals surface area contributed by atoms with Crippen molar-refractivity contribution < 1.29 is 9.47 Å². The number of nitrogens with zero attached hydrogens (tertiary/aromatic N) is 2. The number of fused-ring (bicyclic) bond motifs is 1. The molecule has 8 heteroatoms. The van der Waals surface area contributed by atoms with Crippen LogP contribution in [0.1, 0.15) is 35.0 Å². The van der Waals surface area contributed by atoms with E-state index in [0.29, 0.717) is 44.0 Å². The number of aryl methyl sites for hydroxylation is 2. The minimum absolute atomic E-state index is 0.241. The highest BCUT2D eigenvalue weighted by Gasteiger charge is 2.15. The van der Waals surface area contributed by atoms with Crippen molar-refractivity contribution in [2.24, 2.45) is 0 Å². The summed E-state index contributed by atoms with van der Waals surface area (Å²) < 4.78 is 12.6. The fourth-order valence-corrected chi connectivity index (χ4v) is 4.62. The van der Waals surface area contributed by atoms with E-state index in [4.69, 9.17) is 32.7 Å². The number of aromatic amines is 1. The summed E-state index contributed by atoms with van der Waals surface area (Å²) in [6.45, 7) is 6.68. The Bertz CT molecular complexity index is 1450. The van der Waals surface area contributed by atoms with Crippen molar-refractivity contribution in [2.75, 3.05) is 6.61 Å². The molecule has 0 atom stereocenters. The first kappa shape index (κ1) is 25.1. The van der Waals surface area contributed by atoms with Gasteiger partial charge in [0, 0.05) is 15.6 Å². The second kappa shape index (κ2) is 10.7. The molecule has 0 saturated carbocycles. The molecular formula is C27H22BrCl2N3O2. The van der Waals surface area contributed by atoms with Crippen LogP contribution < -0.4 is 9.47 Å². The molecule has 0 aliphatic rings. The zero-order valence-electron chi connectivity index (χ0n) is 19.4. The summed E-state index contributed by atoms with van der Waals surface area (Å²) in [6.07, 6.45) is 1.77. The lowest BCUT2D eigenvalue weighted by molar-refractivity contribution is 0.267. The van der Waals surface area contributed by atoms with Crippen LogP contribution in [0.25, 0.3) is 22.7 Å². The van der Waals surface area contributed by atoms with Crippen molar-refractivity contribution in [3.63, 3.8) is 0 Å². The molecule has 0 aliphatic heterocycles. The van der Waals surface area contributed by atoms with E-state index in [1.54, 1.807) is 18.2 Å². The third-order valence-electron chi connectivity index (χ3n) is 5.50. The molecule has 35 heavy (non-hydrogen) atoms. The van der Waals surface area contributed by atoms with Gasteiger partial charge in [0.05, 0.1) is 27.7 Å². The SMILES string of the molecule is CCOc1cc(/C=C(/C#N)c2nc3cc(C)c(C)cc3[nH]2)cc(Br)c1OCc1ccc(Cl)cc1Cl. The maximum absolute atomic E-state index is 9.86. The third-order valence-corrected chi connectivity index (χ3v) is 6.68. The highest BCUT2D eigenvalue weighted by molar-refractivity contribution is 9.10. The van der Waals surface area contributed by atoms with E-state index in [-0.39, 0.29) is 6.61 Å². The number of nitrogens with one attached hydrogen (secondary N) is 1. The van der Waals surface area contributed by atoms with Crippen LogP contribution in [0, 0.1) is 25.2 Å². The lowest BCUT2D eigenvalue weighted by Crippen LogP contribution is -2.01. The average molecular weight is 571 g/mol. The average Bonchev–Trinajstić information content (AvgIpc) is 3.21. The van der Waals surface area contributed by atoms with Crippen LogP contribution in [0.2, 0.25) is 10.0 Å². The van der Waals surface area contributed by atoms with E-state index in [1.807, 2.05) is 51.1 Å². The summed E-state index contributed by atoms with van der Waals surface area (Å²) in [5, 5.41) is 11.0. The van der Waals surface area contributed by atoms with E-state index in [1.165, 1.54) is 0 Å². The van der Waals surface area contributed by atoms with Crippen molar-refractivity contribution in [3.8, 4) is 17.6 Å². The number of H-pyrrole nitrogens is 1. The summed E-state index contributed by atoms with van der Waals surface area (Å²) in [5.41, 5.74) is 6.01. The first-order chi connectivity index (χ1) is 16.8. The summed E-state index contributed by atoms with van der Waals surface area (Å²) in [4.78, 5) is 7.88. The molecule has 0 bridgehead atoms. The largest absolute Gasteiger partial charge is 0.490 e. The summed E-state index contributed by atoms with van der Waals surface area (Å²) in [5.74, 6) is 1.61. The van der Waals surface area contributed by atoms with Gasteiger partial charge >= 0.3 is 0 Å². The van der Waals surface area contributed by atoms with Gasteiger partial charge in [-0.15, -0.1) is 0 Å². The highest BCUT2D eigenvalue weighted by Crippen LogP contribution is 2.39. The lowest BCUT2D eigenvalue weighted by atomic mass is 10.1. The van der Waals surface area contributed by atoms with Gasteiger partial charge in [-0.05, 0) is 95.9 Å². The van der Waals surface area contributed by atoms with E-state index in [9.17, 15) is 5.26 Å². The van der Waals surface area contributed by atoms with Gasteiger partial charge in [0.15, 0.2) is 11.5 Å². The molecule has 0 spiro atoms. The number of halogens is 3. The van der Waals surface area contributed by atoms with Gasteiger partial charge in [0.25, 0.3) is 0 Å². The van der Waals surface area contributed by atoms with Crippen LogP contribution in [0.3, 0.4) is 0 Å². The molecule has 0 radical (unpaired) electrons. The molecule has 1 aromatic heterocycles. The molecule has 0 amide bonds. The Hall–Kier alpha value is -2.98. The Labute approximate surface area is 222 Å². The van der Waals surface area contributed by atoms with Crippen molar-refractivity contribution in [3.05, 3.63) is 85.1 Å². The zero-order chi connectivity index (χ0) is 25.1. The van der Waals surface area contributed by atoms with Gasteiger partial charge in [-0.2, -0.15) is 5.26 Å². The molecule has 3 aromatic carbocycles. The molecule has 1 N–H and O–H groups in total. The Morgan fingerprint density at radius 2 is 1.89 bits per heavy atom. The van der Waals surface area contributed by atoms with Gasteiger partial charge in [-0.25, -0.2) is 4.98 Å². The summed E-state index contributed by atoms with van der Waals surface area (Å²) in [7, 11) is 0. The normalized spacial score (nSPS) is 11.5. The number of ether oxygens (including phenoxy) is 2. The number of hydrogen-bond acceptors (Lipinski definition) is 4. The maximum Gasteiger partial charge on any atom is 0.175 e. The van der Waals surface area contributed by atoms with E-state index in [0.717, 1.165) is 33.3 Å². The minimum Gasteiger partial charge on any atom is -0.490 e. The second-order valence-corrected chi connectivity index (χ2v) is 9.69. The number of benzene rings is 3. The standard InChI is InChI=1S/C27H22BrCl2N3O2/c1-4-34-25-11-17(10-21(28)26(25)35-14-18-5-6-20(29)12-22(18)30)9-19(13-31)27-32-23-7-15(2)16(3)8-24(23)33-27/h5-12H,4,14H2,1-3H3,(H,32,33)/b19-9-. The quantitative estimate of drug-likeness (QED) is 0.227. The number of aromatic nitrogens is 2. The van der Waals surface area contributed by atoms with Crippen molar-refractivity contribution in [2.45, 2.75) is 27.4 Å². The molecule has 0 fully saturated rings. The second-order valence-electron chi connectivity index (χ2n) is 8.00. The summed E-state index contributed by atoms with van der Waals surface area (Å²) >= 11 is 15.9. The highest BCUT2D eigenvalue weighted by atomic mass is 79.9. The van der Waals surface area contributed by atoms with Crippen LogP contribution in [-0.4, -0.2) is 16.6 Å². The predicted molar refractivity (Wildman–Crippen MR) is 145 cm³/mol. The van der Waals surface area contributed by atoms with E-state index in [2.05, 4.69) is 32.0 Å². The van der Waals surface area contributed by atoms with Crippen LogP contribution in [-0.2, 0) is 6.61 Å². The van der Waals surface area contributed by atoms with Crippen LogP contribution in [0.5, 0.6) is 11.5 Å². The third kappa shape index (κ3) is 5.65. The van der Waals surface area contributed by atoms with Crippen molar-refractivity contribution in [1.29, 1.82) is 5.26 Å². The molecule has 0 saturated heterocycles. The van der Waals surface area contributed by atoms with Crippen LogP contribution in [0.15, 0.2) is 46.9 Å². The molecule has 0 aliphatic carbocycles. The Morgan fingerprint density at radius 1 is 1.11 bits per heavy atom. The monoisotopic (exact) mass is 569 g/mol. The molecule has 4 aromatic rings. The molecule has 0 unspecified atom stereocenters. The van der Waals surface area contributed by atoms with E-state index >= 15 is 0 Å². The summed E-state index contributed by atoms with van der Waals surface area (Å²) in [6, 6.07) is 15.3. The Kier molecular flexibility index (Phi) is 7.71. The van der Waals surface area contributed by atoms with Crippen molar-refractivity contribution >= 4 is 61.8 Å². The van der Waals surface area contributed by atoms with Gasteiger partial charge in [-0.1, -0.05) is 29.3 Å². The predicted octanol–water partition coefficient (Wildman–Crippen LogP) is 8.29. The number of hydrogen-bond donors (Lipinski definition) is 1. The van der Waals surface area contributed by atoms with Gasteiger partial charge in [0.2, 0.25) is 0 Å². The number of imidazole rings is 1. The molecule has 4 rings (SSSR count). The first-order valence-electron chi connectivity index (χ1n) is 10.9. The molecular weight excluding hydrogens is 549 g/mol. The maximum atomic E-state index is 9.86. The molecule has 1 heterocycles.